The first-order chi connectivity index (χ1) is 6.50. The molecule has 84 valence electrons. The van der Waals surface area contributed by atoms with E-state index in [4.69, 9.17) is 10.5 Å². The predicted octanol–water partition coefficient (Wildman–Crippen LogP) is 0.674. The number of carbonyl (C=O) groups is 1. The molecule has 0 aromatic carbocycles. The zero-order chi connectivity index (χ0) is 11.1. The van der Waals surface area contributed by atoms with Crippen LogP contribution in [0.15, 0.2) is 0 Å². The second-order valence-electron chi connectivity index (χ2n) is 3.78. The van der Waals surface area contributed by atoms with Crippen LogP contribution < -0.4 is 5.73 Å². The molecule has 3 N–H and O–H groups in total. The maximum atomic E-state index is 11.3. The molecule has 0 aromatic rings. The number of esters is 1. The van der Waals surface area contributed by atoms with Gasteiger partial charge in [-0.3, -0.25) is 4.79 Å². The van der Waals surface area contributed by atoms with Gasteiger partial charge in [-0.05, 0) is 12.3 Å². The van der Waals surface area contributed by atoms with Crippen LogP contribution in [0.4, 0.5) is 0 Å². The van der Waals surface area contributed by atoms with Gasteiger partial charge in [-0.1, -0.05) is 27.2 Å². The van der Waals surface area contributed by atoms with Crippen LogP contribution in [0.1, 0.15) is 33.6 Å². The van der Waals surface area contributed by atoms with Crippen LogP contribution >= 0.6 is 0 Å². The number of carbonyl (C=O) groups excluding carboxylic acids is 1. The third-order valence-corrected chi connectivity index (χ3v) is 2.07. The third-order valence-electron chi connectivity index (χ3n) is 2.07. The molecule has 0 saturated heterocycles. The summed E-state index contributed by atoms with van der Waals surface area (Å²) < 4.78 is 4.89. The molecule has 0 amide bonds. The van der Waals surface area contributed by atoms with E-state index < -0.39 is 18.1 Å². The van der Waals surface area contributed by atoms with Crippen LogP contribution in [-0.2, 0) is 9.53 Å². The van der Waals surface area contributed by atoms with Gasteiger partial charge in [0.15, 0.2) is 0 Å². The molecule has 4 heteroatoms. The van der Waals surface area contributed by atoms with Gasteiger partial charge in [0.2, 0.25) is 0 Å². The molecule has 0 heterocycles. The summed E-state index contributed by atoms with van der Waals surface area (Å²) in [6, 6.07) is -0.924. The molecule has 0 radical (unpaired) electrons. The molecule has 0 unspecified atom stereocenters. The highest BCUT2D eigenvalue weighted by atomic mass is 16.5. The molecule has 0 aliphatic heterocycles. The van der Waals surface area contributed by atoms with Gasteiger partial charge < -0.3 is 15.6 Å². The topological polar surface area (TPSA) is 72.5 Å². The summed E-state index contributed by atoms with van der Waals surface area (Å²) in [6.07, 6.45) is 0.968. The summed E-state index contributed by atoms with van der Waals surface area (Å²) in [5.74, 6) is -0.552. The van der Waals surface area contributed by atoms with Crippen molar-refractivity contribution in [2.45, 2.75) is 45.8 Å². The number of rotatable bonds is 6. The second kappa shape index (κ2) is 6.79. The Morgan fingerprint density at radius 3 is 2.50 bits per heavy atom. The van der Waals surface area contributed by atoms with Crippen LogP contribution in [-0.4, -0.2) is 29.8 Å². The first kappa shape index (κ1) is 13.4. The lowest BCUT2D eigenvalue weighted by atomic mass is 10.0. The van der Waals surface area contributed by atoms with E-state index in [0.717, 1.165) is 12.8 Å². The average molecular weight is 203 g/mol. The Kier molecular flexibility index (Phi) is 6.49. The number of unbranched alkanes of at least 4 members (excludes halogenated alkanes) is 1. The van der Waals surface area contributed by atoms with Crippen LogP contribution in [0.25, 0.3) is 0 Å². The van der Waals surface area contributed by atoms with Crippen molar-refractivity contribution in [2.24, 2.45) is 11.7 Å². The fourth-order valence-electron chi connectivity index (χ4n) is 0.967. The van der Waals surface area contributed by atoms with Gasteiger partial charge in [0.1, 0.15) is 6.04 Å². The van der Waals surface area contributed by atoms with Gasteiger partial charge in [-0.2, -0.15) is 0 Å². The summed E-state index contributed by atoms with van der Waals surface area (Å²) in [6.45, 7) is 6.01. The number of ether oxygens (including phenoxy) is 1. The minimum atomic E-state index is -0.924. The van der Waals surface area contributed by atoms with Crippen LogP contribution in [0, 0.1) is 5.92 Å². The Hall–Kier alpha value is -0.610. The Morgan fingerprint density at radius 2 is 2.07 bits per heavy atom. The van der Waals surface area contributed by atoms with Crippen molar-refractivity contribution in [3.63, 3.8) is 0 Å². The maximum absolute atomic E-state index is 11.3. The standard InChI is InChI=1S/C10H21NO3/c1-4-5-6-14-10(13)8(11)9(12)7(2)3/h7-9,12H,4-6,11H2,1-3H3/t8-,9-/m0/s1. The second-order valence-corrected chi connectivity index (χ2v) is 3.78. The van der Waals surface area contributed by atoms with Gasteiger partial charge in [0.05, 0.1) is 12.7 Å². The molecule has 2 atom stereocenters. The minimum absolute atomic E-state index is 0.0382. The number of hydrogen-bond acceptors (Lipinski definition) is 4. The summed E-state index contributed by atoms with van der Waals surface area (Å²) in [5, 5.41) is 9.50. The molecular weight excluding hydrogens is 182 g/mol. The Balaban J connectivity index is 3.86. The average Bonchev–Trinajstić information content (AvgIpc) is 2.15. The SMILES string of the molecule is CCCCOC(=O)[C@@H](N)[C@@H](O)C(C)C. The normalized spacial score (nSPS) is 15.3. The van der Waals surface area contributed by atoms with Crippen molar-refractivity contribution in [1.29, 1.82) is 0 Å². The van der Waals surface area contributed by atoms with Crippen LogP contribution in [0.2, 0.25) is 0 Å². The monoisotopic (exact) mass is 203 g/mol. The number of hydrogen-bond donors (Lipinski definition) is 2. The first-order valence-electron chi connectivity index (χ1n) is 5.11. The van der Waals surface area contributed by atoms with Gasteiger partial charge in [-0.25, -0.2) is 0 Å². The lowest BCUT2D eigenvalue weighted by Gasteiger charge is -2.20. The van der Waals surface area contributed by atoms with Gasteiger partial charge in [-0.15, -0.1) is 0 Å². The van der Waals surface area contributed by atoms with Crippen molar-refractivity contribution in [1.82, 2.24) is 0 Å². The maximum Gasteiger partial charge on any atom is 0.325 e. The lowest BCUT2D eigenvalue weighted by molar-refractivity contribution is -0.148. The summed E-state index contributed by atoms with van der Waals surface area (Å²) in [7, 11) is 0. The summed E-state index contributed by atoms with van der Waals surface area (Å²) in [4.78, 5) is 11.3. The van der Waals surface area contributed by atoms with Crippen molar-refractivity contribution in [3.05, 3.63) is 0 Å². The Morgan fingerprint density at radius 1 is 1.50 bits per heavy atom. The number of aliphatic hydroxyl groups is 1. The molecule has 0 bridgehead atoms. The van der Waals surface area contributed by atoms with E-state index in [-0.39, 0.29) is 5.92 Å². The molecular formula is C10H21NO3. The van der Waals surface area contributed by atoms with Crippen LogP contribution in [0.3, 0.4) is 0 Å². The Labute approximate surface area is 85.4 Å². The molecule has 0 saturated carbocycles. The van der Waals surface area contributed by atoms with E-state index in [2.05, 4.69) is 0 Å². The number of aliphatic hydroxyl groups excluding tert-OH is 1. The predicted molar refractivity (Wildman–Crippen MR) is 54.7 cm³/mol. The fraction of sp³-hybridized carbons (Fsp3) is 0.900. The molecule has 0 rings (SSSR count). The van der Waals surface area contributed by atoms with Crippen molar-refractivity contribution < 1.29 is 14.6 Å². The lowest BCUT2D eigenvalue weighted by Crippen LogP contribution is -2.45. The first-order valence-corrected chi connectivity index (χ1v) is 5.11. The van der Waals surface area contributed by atoms with E-state index in [1.807, 2.05) is 20.8 Å². The molecule has 0 fully saturated rings. The molecule has 14 heavy (non-hydrogen) atoms. The van der Waals surface area contributed by atoms with Gasteiger partial charge in [0, 0.05) is 0 Å². The van der Waals surface area contributed by atoms with E-state index in [9.17, 15) is 9.90 Å². The molecule has 0 aliphatic rings. The smallest absolute Gasteiger partial charge is 0.325 e. The van der Waals surface area contributed by atoms with E-state index >= 15 is 0 Å². The summed E-state index contributed by atoms with van der Waals surface area (Å²) >= 11 is 0. The van der Waals surface area contributed by atoms with Crippen LogP contribution in [0.5, 0.6) is 0 Å². The summed E-state index contributed by atoms with van der Waals surface area (Å²) in [5.41, 5.74) is 5.52. The highest BCUT2D eigenvalue weighted by Gasteiger charge is 2.26. The minimum Gasteiger partial charge on any atom is -0.464 e. The van der Waals surface area contributed by atoms with Crippen molar-refractivity contribution in [3.8, 4) is 0 Å². The highest BCUT2D eigenvalue weighted by molar-refractivity contribution is 5.76. The quantitative estimate of drug-likeness (QED) is 0.491. The zero-order valence-electron chi connectivity index (χ0n) is 9.19. The Bertz CT molecular complexity index is 171. The van der Waals surface area contributed by atoms with E-state index in [0.29, 0.717) is 6.61 Å². The fourth-order valence-corrected chi connectivity index (χ4v) is 0.967. The molecule has 0 aromatic heterocycles. The van der Waals surface area contributed by atoms with E-state index in [1.54, 1.807) is 0 Å². The molecule has 4 nitrogen and oxygen atoms in total. The highest BCUT2D eigenvalue weighted by Crippen LogP contribution is 2.06. The third kappa shape index (κ3) is 4.58. The number of nitrogens with two attached hydrogens (primary N) is 1. The van der Waals surface area contributed by atoms with Crippen molar-refractivity contribution in [2.75, 3.05) is 6.61 Å². The molecule has 0 spiro atoms. The van der Waals surface area contributed by atoms with E-state index in [1.165, 1.54) is 0 Å². The van der Waals surface area contributed by atoms with Crippen molar-refractivity contribution >= 4 is 5.97 Å². The van der Waals surface area contributed by atoms with Gasteiger partial charge in [0.25, 0.3) is 0 Å². The largest absolute Gasteiger partial charge is 0.464 e. The van der Waals surface area contributed by atoms with Gasteiger partial charge >= 0.3 is 5.97 Å². The zero-order valence-corrected chi connectivity index (χ0v) is 9.19. The molecule has 0 aliphatic carbocycles.